The molecule has 1 aromatic heterocycles. The van der Waals surface area contributed by atoms with Crippen LogP contribution in [0.25, 0.3) is 0 Å². The number of hydrogen-bond acceptors (Lipinski definition) is 4. The molecule has 7 nitrogen and oxygen atoms in total. The first kappa shape index (κ1) is 15.5. The molecule has 21 heavy (non-hydrogen) atoms. The molecule has 0 spiro atoms. The van der Waals surface area contributed by atoms with Gasteiger partial charge < -0.3 is 9.67 Å². The van der Waals surface area contributed by atoms with Crippen molar-refractivity contribution in [2.45, 2.75) is 11.9 Å². The Hall–Kier alpha value is -1.87. The summed E-state index contributed by atoms with van der Waals surface area (Å²) in [7, 11) is -2.30. The minimum absolute atomic E-state index is 0.0340. The minimum atomic E-state index is -3.97. The van der Waals surface area contributed by atoms with Crippen LogP contribution in [0, 0.1) is 6.92 Å². The Bertz CT molecular complexity index is 794. The summed E-state index contributed by atoms with van der Waals surface area (Å²) in [5.74, 6) is -0.702. The van der Waals surface area contributed by atoms with Gasteiger partial charge in [-0.2, -0.15) is 8.42 Å². The number of hydrogen-bond donors (Lipinski definition) is 2. The van der Waals surface area contributed by atoms with Crippen LogP contribution in [0.3, 0.4) is 0 Å². The SMILES string of the molecule is Cc1nc(S(=O)(=O)Nc2c(Br)cccc2C(=O)O)cn1C. The molecule has 0 amide bonds. The number of aromatic nitrogens is 2. The van der Waals surface area contributed by atoms with Crippen LogP contribution in [-0.2, 0) is 17.1 Å². The molecule has 0 aliphatic carbocycles. The number of nitrogens with one attached hydrogen (secondary N) is 1. The van der Waals surface area contributed by atoms with Crippen LogP contribution in [-0.4, -0.2) is 29.0 Å². The van der Waals surface area contributed by atoms with E-state index >= 15 is 0 Å². The van der Waals surface area contributed by atoms with E-state index in [9.17, 15) is 13.2 Å². The average Bonchev–Trinajstić information content (AvgIpc) is 2.72. The molecule has 0 unspecified atom stereocenters. The Balaban J connectivity index is 2.49. The maximum Gasteiger partial charge on any atom is 0.337 e. The zero-order valence-corrected chi connectivity index (χ0v) is 13.6. The van der Waals surface area contributed by atoms with E-state index < -0.39 is 16.0 Å². The summed E-state index contributed by atoms with van der Waals surface area (Å²) in [4.78, 5) is 15.1. The summed E-state index contributed by atoms with van der Waals surface area (Å²) in [6.07, 6.45) is 1.36. The van der Waals surface area contributed by atoms with Gasteiger partial charge in [0.2, 0.25) is 0 Å². The fraction of sp³-hybridized carbons (Fsp3) is 0.167. The highest BCUT2D eigenvalue weighted by atomic mass is 79.9. The van der Waals surface area contributed by atoms with E-state index in [1.165, 1.54) is 18.3 Å². The van der Waals surface area contributed by atoms with Gasteiger partial charge in [0.05, 0.1) is 11.3 Å². The summed E-state index contributed by atoms with van der Waals surface area (Å²) in [6, 6.07) is 4.37. The summed E-state index contributed by atoms with van der Waals surface area (Å²) >= 11 is 3.14. The molecule has 0 aliphatic rings. The lowest BCUT2D eigenvalue weighted by molar-refractivity contribution is 0.0698. The number of halogens is 1. The number of carboxylic acid groups (broad SMARTS) is 1. The lowest BCUT2D eigenvalue weighted by Crippen LogP contribution is -2.16. The predicted octanol–water partition coefficient (Wildman–Crippen LogP) is 1.99. The van der Waals surface area contributed by atoms with E-state index in [1.807, 2.05) is 0 Å². The Kier molecular flexibility index (Phi) is 4.06. The number of nitrogens with zero attached hydrogens (tertiary/aromatic N) is 2. The molecule has 9 heteroatoms. The first-order valence-electron chi connectivity index (χ1n) is 5.77. The van der Waals surface area contributed by atoms with Crippen LogP contribution in [0.2, 0.25) is 0 Å². The molecule has 0 saturated carbocycles. The van der Waals surface area contributed by atoms with Crippen molar-refractivity contribution < 1.29 is 18.3 Å². The van der Waals surface area contributed by atoms with Crippen molar-refractivity contribution in [3.63, 3.8) is 0 Å². The maximum absolute atomic E-state index is 12.3. The molecule has 0 bridgehead atoms. The van der Waals surface area contributed by atoms with Gasteiger partial charge in [-0.15, -0.1) is 0 Å². The largest absolute Gasteiger partial charge is 0.478 e. The number of rotatable bonds is 4. The number of aromatic carboxylic acids is 1. The molecule has 0 fully saturated rings. The summed E-state index contributed by atoms with van der Waals surface area (Å²) in [5.41, 5.74) is -0.186. The Morgan fingerprint density at radius 1 is 1.43 bits per heavy atom. The van der Waals surface area contributed by atoms with Crippen LogP contribution in [0.1, 0.15) is 16.2 Å². The highest BCUT2D eigenvalue weighted by molar-refractivity contribution is 9.10. The molecule has 0 aliphatic heterocycles. The average molecular weight is 374 g/mol. The lowest BCUT2D eigenvalue weighted by atomic mass is 10.2. The quantitative estimate of drug-likeness (QED) is 0.852. The van der Waals surface area contributed by atoms with Gasteiger partial charge in [0.25, 0.3) is 10.0 Å². The van der Waals surface area contributed by atoms with Gasteiger partial charge in [-0.25, -0.2) is 9.78 Å². The van der Waals surface area contributed by atoms with Crippen molar-refractivity contribution in [2.75, 3.05) is 4.72 Å². The summed E-state index contributed by atoms with van der Waals surface area (Å²) in [5, 5.41) is 8.96. The zero-order valence-electron chi connectivity index (χ0n) is 11.2. The molecular formula is C12H12BrN3O4S. The first-order valence-corrected chi connectivity index (χ1v) is 8.04. The molecule has 0 radical (unpaired) electrons. The van der Waals surface area contributed by atoms with Gasteiger partial charge in [0.1, 0.15) is 5.82 Å². The molecule has 112 valence electrons. The number of carbonyl (C=O) groups is 1. The van der Waals surface area contributed by atoms with Crippen molar-refractivity contribution in [2.24, 2.45) is 7.05 Å². The van der Waals surface area contributed by atoms with Crippen molar-refractivity contribution >= 4 is 37.6 Å². The smallest absolute Gasteiger partial charge is 0.337 e. The molecule has 1 heterocycles. The highest BCUT2D eigenvalue weighted by Crippen LogP contribution is 2.28. The summed E-state index contributed by atoms with van der Waals surface area (Å²) < 4.78 is 28.7. The first-order chi connectivity index (χ1) is 9.72. The Morgan fingerprint density at radius 3 is 2.62 bits per heavy atom. The van der Waals surface area contributed by atoms with Gasteiger partial charge in [0, 0.05) is 17.7 Å². The number of benzene rings is 1. The Labute approximate surface area is 129 Å². The third-order valence-electron chi connectivity index (χ3n) is 2.84. The number of anilines is 1. The van der Waals surface area contributed by atoms with E-state index in [4.69, 9.17) is 5.11 Å². The second kappa shape index (κ2) is 5.49. The van der Waals surface area contributed by atoms with Gasteiger partial charge in [-0.3, -0.25) is 4.72 Å². The molecule has 0 atom stereocenters. The second-order valence-electron chi connectivity index (χ2n) is 4.31. The van der Waals surface area contributed by atoms with E-state index in [2.05, 4.69) is 25.6 Å². The van der Waals surface area contributed by atoms with Crippen molar-refractivity contribution in [1.29, 1.82) is 0 Å². The van der Waals surface area contributed by atoms with Crippen LogP contribution in [0.4, 0.5) is 5.69 Å². The van der Waals surface area contributed by atoms with Crippen LogP contribution >= 0.6 is 15.9 Å². The van der Waals surface area contributed by atoms with Crippen molar-refractivity contribution in [3.05, 3.63) is 40.3 Å². The molecule has 2 rings (SSSR count). The van der Waals surface area contributed by atoms with Gasteiger partial charge in [-0.05, 0) is 35.0 Å². The minimum Gasteiger partial charge on any atom is -0.478 e. The van der Waals surface area contributed by atoms with Crippen LogP contribution < -0.4 is 4.72 Å². The number of carboxylic acids is 1. The third kappa shape index (κ3) is 3.08. The standard InChI is InChI=1S/C12H12BrN3O4S/c1-7-14-10(6-16(7)2)21(19,20)15-11-8(12(17)18)4-3-5-9(11)13/h3-6,15H,1-2H3,(H,17,18). The highest BCUT2D eigenvalue weighted by Gasteiger charge is 2.23. The number of sulfonamides is 1. The molecule has 2 aromatic rings. The molecule has 2 N–H and O–H groups in total. The van der Waals surface area contributed by atoms with E-state index in [1.54, 1.807) is 24.6 Å². The van der Waals surface area contributed by atoms with Gasteiger partial charge >= 0.3 is 5.97 Å². The van der Waals surface area contributed by atoms with Crippen LogP contribution in [0.5, 0.6) is 0 Å². The molecular weight excluding hydrogens is 362 g/mol. The predicted molar refractivity (Wildman–Crippen MR) is 79.9 cm³/mol. The third-order valence-corrected chi connectivity index (χ3v) is 4.72. The van der Waals surface area contributed by atoms with E-state index in [0.29, 0.717) is 10.3 Å². The monoisotopic (exact) mass is 373 g/mol. The van der Waals surface area contributed by atoms with Crippen molar-refractivity contribution in [1.82, 2.24) is 9.55 Å². The molecule has 1 aromatic carbocycles. The van der Waals surface area contributed by atoms with Crippen LogP contribution in [0.15, 0.2) is 33.9 Å². The molecule has 0 saturated heterocycles. The lowest BCUT2D eigenvalue weighted by Gasteiger charge is -2.10. The topological polar surface area (TPSA) is 101 Å². The Morgan fingerprint density at radius 2 is 2.10 bits per heavy atom. The fourth-order valence-electron chi connectivity index (χ4n) is 1.65. The van der Waals surface area contributed by atoms with E-state index in [-0.39, 0.29) is 16.3 Å². The number of aryl methyl sites for hydroxylation is 2. The van der Waals surface area contributed by atoms with Gasteiger partial charge in [-0.1, -0.05) is 6.07 Å². The fourth-order valence-corrected chi connectivity index (χ4v) is 3.39. The summed E-state index contributed by atoms with van der Waals surface area (Å²) in [6.45, 7) is 1.67. The second-order valence-corrected chi connectivity index (χ2v) is 6.79. The number of imidazole rings is 1. The zero-order chi connectivity index (χ0) is 15.8. The number of para-hydroxylation sites is 1. The normalized spacial score (nSPS) is 11.4. The van der Waals surface area contributed by atoms with Crippen molar-refractivity contribution in [3.8, 4) is 0 Å². The van der Waals surface area contributed by atoms with Gasteiger partial charge in [0.15, 0.2) is 5.03 Å². The maximum atomic E-state index is 12.3. The van der Waals surface area contributed by atoms with E-state index in [0.717, 1.165) is 0 Å².